The van der Waals surface area contributed by atoms with Crippen molar-refractivity contribution in [2.24, 2.45) is 0 Å². The van der Waals surface area contributed by atoms with Gasteiger partial charge >= 0.3 is 5.97 Å². The zero-order chi connectivity index (χ0) is 8.43. The van der Waals surface area contributed by atoms with Crippen molar-refractivity contribution in [3.63, 3.8) is 0 Å². The van der Waals surface area contributed by atoms with Crippen LogP contribution < -0.4 is 5.73 Å². The van der Waals surface area contributed by atoms with Gasteiger partial charge in [0, 0.05) is 0 Å². The Morgan fingerprint density at radius 2 is 2.36 bits per heavy atom. The number of carboxylic acids is 1. The highest BCUT2D eigenvalue weighted by atomic mass is 35.5. The van der Waals surface area contributed by atoms with Gasteiger partial charge in [-0.1, -0.05) is 11.6 Å². The van der Waals surface area contributed by atoms with E-state index < -0.39 is 5.97 Å². The minimum absolute atomic E-state index is 0.0532. The molecule has 0 bridgehead atoms. The summed E-state index contributed by atoms with van der Waals surface area (Å²) in [4.78, 5) is 13.9. The molecule has 5 heteroatoms. The van der Waals surface area contributed by atoms with Gasteiger partial charge in [-0.05, 0) is 6.07 Å². The lowest BCUT2D eigenvalue weighted by Gasteiger charge is -1.97. The summed E-state index contributed by atoms with van der Waals surface area (Å²) >= 11 is 5.50. The van der Waals surface area contributed by atoms with E-state index in [1.807, 2.05) is 0 Å². The third kappa shape index (κ3) is 1.59. The summed E-state index contributed by atoms with van der Waals surface area (Å²) in [6.07, 6.45) is 1.25. The molecule has 1 aromatic heterocycles. The number of anilines is 1. The second kappa shape index (κ2) is 2.75. The first-order valence-electron chi connectivity index (χ1n) is 2.75. The Labute approximate surface area is 67.6 Å². The van der Waals surface area contributed by atoms with Crippen LogP contribution in [-0.2, 0) is 0 Å². The number of aromatic carboxylic acids is 1. The summed E-state index contributed by atoms with van der Waals surface area (Å²) in [7, 11) is 0. The quantitative estimate of drug-likeness (QED) is 0.663. The number of carboxylic acid groups (broad SMARTS) is 1. The van der Waals surface area contributed by atoms with Crippen molar-refractivity contribution in [2.45, 2.75) is 0 Å². The first-order valence-corrected chi connectivity index (χ1v) is 3.13. The Balaban J connectivity index is 3.20. The van der Waals surface area contributed by atoms with Crippen LogP contribution >= 0.6 is 11.6 Å². The lowest BCUT2D eigenvalue weighted by Crippen LogP contribution is -2.01. The van der Waals surface area contributed by atoms with Gasteiger partial charge in [0.2, 0.25) is 0 Å². The van der Waals surface area contributed by atoms with Crippen molar-refractivity contribution in [3.8, 4) is 0 Å². The lowest BCUT2D eigenvalue weighted by atomic mass is 10.3. The topological polar surface area (TPSA) is 76.2 Å². The van der Waals surface area contributed by atoms with Gasteiger partial charge < -0.3 is 10.8 Å². The number of rotatable bonds is 1. The fraction of sp³-hybridized carbons (Fsp3) is 0. The second-order valence-corrected chi connectivity index (χ2v) is 2.31. The van der Waals surface area contributed by atoms with Gasteiger partial charge in [0.1, 0.15) is 0 Å². The number of pyridine rings is 1. The molecule has 0 saturated carbocycles. The summed E-state index contributed by atoms with van der Waals surface area (Å²) in [5.41, 5.74) is 5.46. The molecule has 1 aromatic rings. The molecule has 0 unspecified atom stereocenters. The van der Waals surface area contributed by atoms with Gasteiger partial charge in [0.25, 0.3) is 0 Å². The average molecular weight is 173 g/mol. The Hall–Kier alpha value is -1.29. The molecule has 0 aliphatic carbocycles. The van der Waals surface area contributed by atoms with Gasteiger partial charge in [0.05, 0.1) is 16.9 Å². The molecule has 3 N–H and O–H groups in total. The average Bonchev–Trinajstić information content (AvgIpc) is 1.85. The Morgan fingerprint density at radius 1 is 1.73 bits per heavy atom. The van der Waals surface area contributed by atoms with Gasteiger partial charge in [-0.2, -0.15) is 0 Å². The molecule has 0 spiro atoms. The normalized spacial score (nSPS) is 9.55. The van der Waals surface area contributed by atoms with Crippen LogP contribution in [0.5, 0.6) is 0 Å². The van der Waals surface area contributed by atoms with Crippen molar-refractivity contribution in [2.75, 3.05) is 5.73 Å². The molecule has 0 aliphatic rings. The van der Waals surface area contributed by atoms with Crippen LogP contribution in [0.2, 0.25) is 5.02 Å². The lowest BCUT2D eigenvalue weighted by molar-refractivity contribution is 0.0691. The van der Waals surface area contributed by atoms with Crippen molar-refractivity contribution in [1.82, 2.24) is 4.98 Å². The molecule has 4 nitrogen and oxygen atoms in total. The molecule has 1 heterocycles. The largest absolute Gasteiger partial charge is 0.476 e. The number of carbonyl (C=O) groups is 1. The van der Waals surface area contributed by atoms with Crippen LogP contribution in [0.3, 0.4) is 0 Å². The predicted molar refractivity (Wildman–Crippen MR) is 40.6 cm³/mol. The maximum absolute atomic E-state index is 10.3. The van der Waals surface area contributed by atoms with Crippen molar-refractivity contribution in [1.29, 1.82) is 0 Å². The van der Waals surface area contributed by atoms with E-state index in [0.717, 1.165) is 0 Å². The van der Waals surface area contributed by atoms with Crippen LogP contribution in [0.4, 0.5) is 5.69 Å². The summed E-state index contributed by atoms with van der Waals surface area (Å²) in [5, 5.41) is 8.52. The summed E-state index contributed by atoms with van der Waals surface area (Å²) in [6, 6.07) is 1.35. The first-order chi connectivity index (χ1) is 5.11. The zero-order valence-electron chi connectivity index (χ0n) is 5.41. The van der Waals surface area contributed by atoms with Crippen LogP contribution in [0.25, 0.3) is 0 Å². The Bertz CT molecular complexity index is 301. The number of nitrogen functional groups attached to an aromatic ring is 1. The van der Waals surface area contributed by atoms with E-state index in [0.29, 0.717) is 5.69 Å². The van der Waals surface area contributed by atoms with Crippen molar-refractivity contribution < 1.29 is 9.90 Å². The minimum atomic E-state index is -1.16. The van der Waals surface area contributed by atoms with Gasteiger partial charge in [-0.25, -0.2) is 9.78 Å². The summed E-state index contributed by atoms with van der Waals surface area (Å²) in [5.74, 6) is -1.16. The molecule has 11 heavy (non-hydrogen) atoms. The Kier molecular flexibility index (Phi) is 1.96. The van der Waals surface area contributed by atoms with E-state index in [1.165, 1.54) is 12.3 Å². The van der Waals surface area contributed by atoms with E-state index in [2.05, 4.69) is 4.98 Å². The SMILES string of the molecule is Nc1cnc(C(=O)O)c(Cl)c1. The number of nitrogens with zero attached hydrogens (tertiary/aromatic N) is 1. The number of halogens is 1. The van der Waals surface area contributed by atoms with Crippen LogP contribution in [0.1, 0.15) is 10.5 Å². The maximum atomic E-state index is 10.3. The highest BCUT2D eigenvalue weighted by molar-refractivity contribution is 6.33. The molecular formula is C6H5ClN2O2. The van der Waals surface area contributed by atoms with Gasteiger partial charge in [-0.3, -0.25) is 0 Å². The van der Waals surface area contributed by atoms with Gasteiger partial charge in [-0.15, -0.1) is 0 Å². The molecule has 0 amide bonds. The number of hydrogen-bond donors (Lipinski definition) is 2. The smallest absolute Gasteiger partial charge is 0.356 e. The molecule has 0 aromatic carbocycles. The molecule has 0 fully saturated rings. The van der Waals surface area contributed by atoms with Crippen LogP contribution in [0, 0.1) is 0 Å². The molecule has 0 radical (unpaired) electrons. The standard InChI is InChI=1S/C6H5ClN2O2/c7-4-1-3(8)2-9-5(4)6(10)11/h1-2H,8H2,(H,10,11). The summed E-state index contributed by atoms with van der Waals surface area (Å²) in [6.45, 7) is 0. The highest BCUT2D eigenvalue weighted by Crippen LogP contribution is 2.15. The third-order valence-electron chi connectivity index (χ3n) is 1.06. The summed E-state index contributed by atoms with van der Waals surface area (Å²) < 4.78 is 0. The zero-order valence-corrected chi connectivity index (χ0v) is 6.17. The second-order valence-electron chi connectivity index (χ2n) is 1.90. The van der Waals surface area contributed by atoms with E-state index in [-0.39, 0.29) is 10.7 Å². The molecule has 0 saturated heterocycles. The number of hydrogen-bond acceptors (Lipinski definition) is 3. The number of aromatic nitrogens is 1. The molecule has 0 aliphatic heterocycles. The van der Waals surface area contributed by atoms with Crippen LogP contribution in [0.15, 0.2) is 12.3 Å². The third-order valence-corrected chi connectivity index (χ3v) is 1.35. The fourth-order valence-electron chi connectivity index (χ4n) is 0.610. The predicted octanol–water partition coefficient (Wildman–Crippen LogP) is 1.02. The van der Waals surface area contributed by atoms with Crippen molar-refractivity contribution >= 4 is 23.3 Å². The van der Waals surface area contributed by atoms with Crippen molar-refractivity contribution in [3.05, 3.63) is 23.0 Å². The van der Waals surface area contributed by atoms with Crippen LogP contribution in [-0.4, -0.2) is 16.1 Å². The monoisotopic (exact) mass is 172 g/mol. The van der Waals surface area contributed by atoms with E-state index in [1.54, 1.807) is 0 Å². The number of nitrogens with two attached hydrogens (primary N) is 1. The maximum Gasteiger partial charge on any atom is 0.356 e. The van der Waals surface area contributed by atoms with E-state index >= 15 is 0 Å². The fourth-order valence-corrected chi connectivity index (χ4v) is 0.866. The minimum Gasteiger partial charge on any atom is -0.476 e. The highest BCUT2D eigenvalue weighted by Gasteiger charge is 2.09. The molecule has 58 valence electrons. The molecule has 1 rings (SSSR count). The first kappa shape index (κ1) is 7.81. The van der Waals surface area contributed by atoms with Gasteiger partial charge in [0.15, 0.2) is 5.69 Å². The molecular weight excluding hydrogens is 168 g/mol. The Morgan fingerprint density at radius 3 is 2.82 bits per heavy atom. The van der Waals surface area contributed by atoms with E-state index in [9.17, 15) is 4.79 Å². The van der Waals surface area contributed by atoms with E-state index in [4.69, 9.17) is 22.4 Å². The molecule has 0 atom stereocenters.